The summed E-state index contributed by atoms with van der Waals surface area (Å²) in [6.07, 6.45) is 1.98. The number of nitrogens with one attached hydrogen (secondary N) is 1. The smallest absolute Gasteiger partial charge is 0.263 e. The molecule has 0 aliphatic carbocycles. The topological polar surface area (TPSA) is 32.3 Å². The summed E-state index contributed by atoms with van der Waals surface area (Å²) in [5, 5.41) is 4.06. The molecule has 0 unspecified atom stereocenters. The Morgan fingerprint density at radius 3 is 2.80 bits per heavy atom. The molecule has 20 heavy (non-hydrogen) atoms. The number of benzene rings is 1. The maximum absolute atomic E-state index is 13.2. The second-order valence-electron chi connectivity index (χ2n) is 5.15. The maximum atomic E-state index is 13.2. The zero-order valence-corrected chi connectivity index (χ0v) is 12.2. The van der Waals surface area contributed by atoms with E-state index >= 15 is 0 Å². The first kappa shape index (κ1) is 13.5. The Labute approximate surface area is 121 Å². The van der Waals surface area contributed by atoms with Crippen LogP contribution in [0.5, 0.6) is 0 Å². The highest BCUT2D eigenvalue weighted by atomic mass is 32.1. The number of amides is 1. The lowest BCUT2D eigenvalue weighted by Gasteiger charge is -2.31. The molecule has 1 saturated heterocycles. The van der Waals surface area contributed by atoms with Crippen LogP contribution in [0.4, 0.5) is 4.39 Å². The van der Waals surface area contributed by atoms with Crippen LogP contribution in [-0.4, -0.2) is 37.0 Å². The van der Waals surface area contributed by atoms with Crippen molar-refractivity contribution in [1.82, 2.24) is 10.2 Å². The van der Waals surface area contributed by atoms with Crippen LogP contribution in [0, 0.1) is 5.82 Å². The number of hydrogen-bond acceptors (Lipinski definition) is 3. The van der Waals surface area contributed by atoms with Crippen molar-refractivity contribution in [3.8, 4) is 0 Å². The molecule has 0 bridgehead atoms. The standard InChI is InChI=1S/C15H17FN2OS/c1-17-12-4-6-18(7-5-12)15(19)14-9-10-8-11(16)2-3-13(10)20-14/h2-3,8-9,12,17H,4-7H2,1H3. The van der Waals surface area contributed by atoms with Crippen molar-refractivity contribution in [2.45, 2.75) is 18.9 Å². The molecule has 0 spiro atoms. The Morgan fingerprint density at radius 1 is 1.35 bits per heavy atom. The fourth-order valence-electron chi connectivity index (χ4n) is 2.65. The Bertz CT molecular complexity index is 632. The van der Waals surface area contributed by atoms with Crippen molar-refractivity contribution >= 4 is 27.3 Å². The number of nitrogens with zero attached hydrogens (tertiary/aromatic N) is 1. The molecule has 1 aromatic heterocycles. The number of hydrogen-bond donors (Lipinski definition) is 1. The van der Waals surface area contributed by atoms with Crippen LogP contribution in [0.25, 0.3) is 10.1 Å². The Hall–Kier alpha value is -1.46. The van der Waals surface area contributed by atoms with Gasteiger partial charge in [-0.1, -0.05) is 0 Å². The Morgan fingerprint density at radius 2 is 2.10 bits per heavy atom. The van der Waals surface area contributed by atoms with Gasteiger partial charge in [-0.15, -0.1) is 11.3 Å². The van der Waals surface area contributed by atoms with E-state index in [4.69, 9.17) is 0 Å². The summed E-state index contributed by atoms with van der Waals surface area (Å²) in [5.41, 5.74) is 0. The summed E-state index contributed by atoms with van der Waals surface area (Å²) in [5.74, 6) is -0.190. The van der Waals surface area contributed by atoms with E-state index in [1.807, 2.05) is 11.9 Å². The molecular weight excluding hydrogens is 275 g/mol. The molecule has 1 fully saturated rings. The van der Waals surface area contributed by atoms with E-state index in [9.17, 15) is 9.18 Å². The molecule has 3 rings (SSSR count). The molecule has 1 amide bonds. The van der Waals surface area contributed by atoms with E-state index in [2.05, 4.69) is 5.32 Å². The van der Waals surface area contributed by atoms with Gasteiger partial charge in [0, 0.05) is 23.8 Å². The Balaban J connectivity index is 1.79. The summed E-state index contributed by atoms with van der Waals surface area (Å²) in [4.78, 5) is 15.1. The molecule has 1 aromatic carbocycles. The number of rotatable bonds is 2. The van der Waals surface area contributed by atoms with Gasteiger partial charge < -0.3 is 10.2 Å². The molecule has 5 heteroatoms. The van der Waals surface area contributed by atoms with Crippen LogP contribution in [0.2, 0.25) is 0 Å². The average molecular weight is 292 g/mol. The van der Waals surface area contributed by atoms with Gasteiger partial charge in [0.1, 0.15) is 5.82 Å². The van der Waals surface area contributed by atoms with E-state index in [0.29, 0.717) is 10.9 Å². The van der Waals surface area contributed by atoms with Crippen LogP contribution in [0.3, 0.4) is 0 Å². The average Bonchev–Trinajstić information content (AvgIpc) is 2.89. The molecule has 1 N–H and O–H groups in total. The summed E-state index contributed by atoms with van der Waals surface area (Å²) in [6, 6.07) is 6.96. The molecule has 2 aromatic rings. The van der Waals surface area contributed by atoms with Gasteiger partial charge in [-0.2, -0.15) is 0 Å². The first-order valence-corrected chi connectivity index (χ1v) is 7.64. The van der Waals surface area contributed by atoms with Gasteiger partial charge in [0.25, 0.3) is 5.91 Å². The van der Waals surface area contributed by atoms with Gasteiger partial charge >= 0.3 is 0 Å². The molecule has 0 atom stereocenters. The highest BCUT2D eigenvalue weighted by Gasteiger charge is 2.23. The summed E-state index contributed by atoms with van der Waals surface area (Å²) >= 11 is 1.44. The predicted octanol–water partition coefficient (Wildman–Crippen LogP) is 2.86. The normalized spacial score (nSPS) is 16.8. The van der Waals surface area contributed by atoms with Crippen molar-refractivity contribution < 1.29 is 9.18 Å². The highest BCUT2D eigenvalue weighted by Crippen LogP contribution is 2.28. The van der Waals surface area contributed by atoms with E-state index in [1.54, 1.807) is 12.1 Å². The van der Waals surface area contributed by atoms with Crippen molar-refractivity contribution in [2.24, 2.45) is 0 Å². The zero-order valence-electron chi connectivity index (χ0n) is 11.4. The van der Waals surface area contributed by atoms with Crippen molar-refractivity contribution in [1.29, 1.82) is 0 Å². The zero-order chi connectivity index (χ0) is 14.1. The number of thiophene rings is 1. The van der Waals surface area contributed by atoms with Crippen LogP contribution < -0.4 is 5.32 Å². The number of likely N-dealkylation sites (tertiary alicyclic amines) is 1. The highest BCUT2D eigenvalue weighted by molar-refractivity contribution is 7.20. The second kappa shape index (κ2) is 5.50. The van der Waals surface area contributed by atoms with Crippen molar-refractivity contribution in [3.63, 3.8) is 0 Å². The van der Waals surface area contributed by atoms with Crippen LogP contribution in [0.1, 0.15) is 22.5 Å². The quantitative estimate of drug-likeness (QED) is 0.923. The first-order chi connectivity index (χ1) is 9.67. The van der Waals surface area contributed by atoms with Crippen molar-refractivity contribution in [2.75, 3.05) is 20.1 Å². The molecule has 0 radical (unpaired) electrons. The van der Waals surface area contributed by atoms with Crippen LogP contribution >= 0.6 is 11.3 Å². The van der Waals surface area contributed by atoms with E-state index in [0.717, 1.165) is 36.0 Å². The van der Waals surface area contributed by atoms with Gasteiger partial charge in [-0.25, -0.2) is 4.39 Å². The number of carbonyl (C=O) groups excluding carboxylic acids is 1. The van der Waals surface area contributed by atoms with Crippen molar-refractivity contribution in [3.05, 3.63) is 35.0 Å². The van der Waals surface area contributed by atoms with Crippen LogP contribution in [-0.2, 0) is 0 Å². The first-order valence-electron chi connectivity index (χ1n) is 6.83. The van der Waals surface area contributed by atoms with Gasteiger partial charge in [0.15, 0.2) is 0 Å². The van der Waals surface area contributed by atoms with Gasteiger partial charge in [0.2, 0.25) is 0 Å². The van der Waals surface area contributed by atoms with E-state index in [1.165, 1.54) is 23.5 Å². The number of piperidine rings is 1. The minimum atomic E-state index is -0.260. The molecule has 106 valence electrons. The molecule has 1 aliphatic rings. The SMILES string of the molecule is CNC1CCN(C(=O)c2cc3cc(F)ccc3s2)CC1. The summed E-state index contributed by atoms with van der Waals surface area (Å²) in [6.45, 7) is 1.57. The lowest BCUT2D eigenvalue weighted by Crippen LogP contribution is -2.43. The third kappa shape index (κ3) is 2.55. The van der Waals surface area contributed by atoms with Gasteiger partial charge in [-0.3, -0.25) is 4.79 Å². The monoisotopic (exact) mass is 292 g/mol. The number of halogens is 1. The fraction of sp³-hybridized carbons (Fsp3) is 0.400. The number of fused-ring (bicyclic) bond motifs is 1. The summed E-state index contributed by atoms with van der Waals surface area (Å²) < 4.78 is 14.1. The predicted molar refractivity (Wildman–Crippen MR) is 79.8 cm³/mol. The molecule has 2 heterocycles. The van der Waals surface area contributed by atoms with Crippen LogP contribution in [0.15, 0.2) is 24.3 Å². The van der Waals surface area contributed by atoms with E-state index < -0.39 is 0 Å². The van der Waals surface area contributed by atoms with E-state index in [-0.39, 0.29) is 11.7 Å². The lowest BCUT2D eigenvalue weighted by molar-refractivity contribution is 0.0712. The summed E-state index contributed by atoms with van der Waals surface area (Å²) in [7, 11) is 1.96. The third-order valence-corrected chi connectivity index (χ3v) is 4.98. The molecule has 1 aliphatic heterocycles. The molecule has 0 saturated carbocycles. The third-order valence-electron chi connectivity index (χ3n) is 3.88. The Kier molecular flexibility index (Phi) is 3.72. The molecular formula is C15H17FN2OS. The molecule has 3 nitrogen and oxygen atoms in total. The van der Waals surface area contributed by atoms with Gasteiger partial charge in [-0.05, 0) is 49.5 Å². The second-order valence-corrected chi connectivity index (χ2v) is 6.23. The maximum Gasteiger partial charge on any atom is 0.263 e. The largest absolute Gasteiger partial charge is 0.338 e. The fourth-order valence-corrected chi connectivity index (χ4v) is 3.66. The minimum absolute atomic E-state index is 0.0705. The number of carbonyl (C=O) groups is 1. The van der Waals surface area contributed by atoms with Gasteiger partial charge in [0.05, 0.1) is 4.88 Å². The minimum Gasteiger partial charge on any atom is -0.338 e. The lowest BCUT2D eigenvalue weighted by atomic mass is 10.1.